The van der Waals surface area contributed by atoms with Crippen molar-refractivity contribution in [1.82, 2.24) is 0 Å². The SMILES string of the molecule is C/C(=C(\C)c1ccc2ccc3ccccc3c2c1)c1ccc2ccc3ccccc3c2c1. The molecule has 0 saturated heterocycles. The van der Waals surface area contributed by atoms with Gasteiger partial charge < -0.3 is 0 Å². The molecule has 6 rings (SSSR count). The van der Waals surface area contributed by atoms with Gasteiger partial charge in [0, 0.05) is 0 Å². The van der Waals surface area contributed by atoms with Gasteiger partial charge >= 0.3 is 0 Å². The molecule has 0 nitrogen and oxygen atoms in total. The monoisotopic (exact) mass is 408 g/mol. The second-order valence-electron chi connectivity index (χ2n) is 8.70. The zero-order valence-corrected chi connectivity index (χ0v) is 18.4. The Balaban J connectivity index is 1.53. The number of hydrogen-bond acceptors (Lipinski definition) is 0. The van der Waals surface area contributed by atoms with Crippen molar-refractivity contribution in [1.29, 1.82) is 0 Å². The molecule has 0 aliphatic heterocycles. The van der Waals surface area contributed by atoms with E-state index < -0.39 is 0 Å². The Morgan fingerprint density at radius 3 is 1.16 bits per heavy atom. The quantitative estimate of drug-likeness (QED) is 0.198. The summed E-state index contributed by atoms with van der Waals surface area (Å²) in [5.74, 6) is 0. The summed E-state index contributed by atoms with van der Waals surface area (Å²) in [6, 6.07) is 39.9. The van der Waals surface area contributed by atoms with Crippen LogP contribution < -0.4 is 0 Å². The molecular formula is C32H24. The van der Waals surface area contributed by atoms with Crippen LogP contribution in [0.3, 0.4) is 0 Å². The molecule has 0 saturated carbocycles. The number of allylic oxidation sites excluding steroid dienone is 2. The number of benzene rings is 6. The fraction of sp³-hybridized carbons (Fsp3) is 0.0625. The van der Waals surface area contributed by atoms with Gasteiger partial charge in [0.1, 0.15) is 0 Å². The molecule has 0 bridgehead atoms. The molecule has 0 amide bonds. The maximum absolute atomic E-state index is 2.35. The van der Waals surface area contributed by atoms with Gasteiger partial charge in [0.05, 0.1) is 0 Å². The summed E-state index contributed by atoms with van der Waals surface area (Å²) in [7, 11) is 0. The first kappa shape index (κ1) is 18.8. The van der Waals surface area contributed by atoms with Crippen molar-refractivity contribution in [3.05, 3.63) is 120 Å². The first-order chi connectivity index (χ1) is 15.7. The highest BCUT2D eigenvalue weighted by molar-refractivity contribution is 6.10. The van der Waals surface area contributed by atoms with E-state index in [1.54, 1.807) is 0 Å². The molecule has 0 aromatic heterocycles. The summed E-state index contributed by atoms with van der Waals surface area (Å²) in [5.41, 5.74) is 5.20. The van der Waals surface area contributed by atoms with Gasteiger partial charge in [-0.3, -0.25) is 0 Å². The lowest BCUT2D eigenvalue weighted by Gasteiger charge is -2.13. The fourth-order valence-electron chi connectivity index (χ4n) is 4.90. The normalized spacial score (nSPS) is 12.6. The first-order valence-electron chi connectivity index (χ1n) is 11.2. The smallest absolute Gasteiger partial charge is 0.00994 e. The molecule has 0 unspecified atom stereocenters. The molecule has 0 fully saturated rings. The Hall–Kier alpha value is -3.90. The molecule has 6 aromatic carbocycles. The Labute approximate surface area is 188 Å². The summed E-state index contributed by atoms with van der Waals surface area (Å²) in [4.78, 5) is 0. The Kier molecular flexibility index (Phi) is 4.33. The second kappa shape index (κ2) is 7.35. The zero-order chi connectivity index (χ0) is 21.7. The highest BCUT2D eigenvalue weighted by Gasteiger charge is 2.08. The average Bonchev–Trinajstić information content (AvgIpc) is 2.87. The molecule has 6 aromatic rings. The van der Waals surface area contributed by atoms with Crippen LogP contribution in [0.5, 0.6) is 0 Å². The minimum atomic E-state index is 1.28. The van der Waals surface area contributed by atoms with E-state index in [4.69, 9.17) is 0 Å². The van der Waals surface area contributed by atoms with Crippen LogP contribution >= 0.6 is 0 Å². The van der Waals surface area contributed by atoms with Gasteiger partial charge in [0.25, 0.3) is 0 Å². The molecule has 0 radical (unpaired) electrons. The topological polar surface area (TPSA) is 0 Å². The van der Waals surface area contributed by atoms with E-state index in [-0.39, 0.29) is 0 Å². The van der Waals surface area contributed by atoms with E-state index in [1.807, 2.05) is 0 Å². The third kappa shape index (κ3) is 2.99. The standard InChI is InChI=1S/C32H24/c1-21(27-17-15-25-13-11-23-7-3-5-9-29(23)31(25)19-27)22(2)28-18-16-26-14-12-24-8-4-6-10-30(24)32(26)20-28/h3-20H,1-2H3/b22-21-. The van der Waals surface area contributed by atoms with Crippen LogP contribution in [0.2, 0.25) is 0 Å². The van der Waals surface area contributed by atoms with Gasteiger partial charge in [0.15, 0.2) is 0 Å². The van der Waals surface area contributed by atoms with Crippen LogP contribution in [0.4, 0.5) is 0 Å². The Morgan fingerprint density at radius 2 is 0.719 bits per heavy atom. The summed E-state index contributed by atoms with van der Waals surface area (Å²) in [5, 5.41) is 10.4. The summed E-state index contributed by atoms with van der Waals surface area (Å²) in [6.07, 6.45) is 0. The van der Waals surface area contributed by atoms with Gasteiger partial charge in [-0.05, 0) is 91.3 Å². The lowest BCUT2D eigenvalue weighted by atomic mass is 9.92. The minimum Gasteiger partial charge on any atom is -0.0616 e. The largest absolute Gasteiger partial charge is 0.0616 e. The van der Waals surface area contributed by atoms with Gasteiger partial charge in [-0.2, -0.15) is 0 Å². The summed E-state index contributed by atoms with van der Waals surface area (Å²) < 4.78 is 0. The maximum atomic E-state index is 2.35. The molecule has 152 valence electrons. The second-order valence-corrected chi connectivity index (χ2v) is 8.70. The number of rotatable bonds is 2. The van der Waals surface area contributed by atoms with E-state index >= 15 is 0 Å². The Bertz CT molecular complexity index is 1550. The van der Waals surface area contributed by atoms with Crippen molar-refractivity contribution < 1.29 is 0 Å². The van der Waals surface area contributed by atoms with Crippen molar-refractivity contribution in [3.8, 4) is 0 Å². The van der Waals surface area contributed by atoms with Crippen LogP contribution in [0.1, 0.15) is 25.0 Å². The van der Waals surface area contributed by atoms with Crippen LogP contribution in [0, 0.1) is 0 Å². The third-order valence-electron chi connectivity index (χ3n) is 6.92. The van der Waals surface area contributed by atoms with Crippen LogP contribution in [-0.4, -0.2) is 0 Å². The molecule has 0 atom stereocenters. The molecule has 32 heavy (non-hydrogen) atoms. The average molecular weight is 409 g/mol. The number of fused-ring (bicyclic) bond motifs is 6. The molecule has 0 heteroatoms. The van der Waals surface area contributed by atoms with Crippen molar-refractivity contribution in [3.63, 3.8) is 0 Å². The van der Waals surface area contributed by atoms with E-state index in [0.29, 0.717) is 0 Å². The molecule has 0 N–H and O–H groups in total. The van der Waals surface area contributed by atoms with Crippen molar-refractivity contribution in [2.45, 2.75) is 13.8 Å². The molecule has 0 heterocycles. The predicted molar refractivity (Wildman–Crippen MR) is 141 cm³/mol. The fourth-order valence-corrected chi connectivity index (χ4v) is 4.90. The van der Waals surface area contributed by atoms with Gasteiger partial charge in [0.2, 0.25) is 0 Å². The molecular weight excluding hydrogens is 384 g/mol. The van der Waals surface area contributed by atoms with E-state index in [9.17, 15) is 0 Å². The highest BCUT2D eigenvalue weighted by atomic mass is 14.1. The van der Waals surface area contributed by atoms with Crippen LogP contribution in [0.15, 0.2) is 109 Å². The van der Waals surface area contributed by atoms with E-state index in [0.717, 1.165) is 0 Å². The van der Waals surface area contributed by atoms with Gasteiger partial charge in [-0.1, -0.05) is 97.1 Å². The molecule has 0 spiro atoms. The van der Waals surface area contributed by atoms with Gasteiger partial charge in [-0.15, -0.1) is 0 Å². The third-order valence-corrected chi connectivity index (χ3v) is 6.92. The minimum absolute atomic E-state index is 1.28. The van der Waals surface area contributed by atoms with E-state index in [2.05, 4.69) is 123 Å². The molecule has 0 aliphatic rings. The van der Waals surface area contributed by atoms with Gasteiger partial charge in [-0.25, -0.2) is 0 Å². The Morgan fingerprint density at radius 1 is 0.375 bits per heavy atom. The first-order valence-corrected chi connectivity index (χ1v) is 11.2. The van der Waals surface area contributed by atoms with E-state index in [1.165, 1.54) is 65.4 Å². The zero-order valence-electron chi connectivity index (χ0n) is 18.4. The van der Waals surface area contributed by atoms with Crippen molar-refractivity contribution in [2.24, 2.45) is 0 Å². The number of hydrogen-bond donors (Lipinski definition) is 0. The highest BCUT2D eigenvalue weighted by Crippen LogP contribution is 2.33. The van der Waals surface area contributed by atoms with Crippen LogP contribution in [0.25, 0.3) is 54.2 Å². The molecule has 0 aliphatic carbocycles. The van der Waals surface area contributed by atoms with Crippen molar-refractivity contribution in [2.75, 3.05) is 0 Å². The van der Waals surface area contributed by atoms with Crippen molar-refractivity contribution >= 4 is 54.2 Å². The van der Waals surface area contributed by atoms with Crippen LogP contribution in [-0.2, 0) is 0 Å². The predicted octanol–water partition coefficient (Wildman–Crippen LogP) is 9.25. The summed E-state index contributed by atoms with van der Waals surface area (Å²) in [6.45, 7) is 4.49. The summed E-state index contributed by atoms with van der Waals surface area (Å²) >= 11 is 0. The lowest BCUT2D eigenvalue weighted by molar-refractivity contribution is 1.54. The lowest BCUT2D eigenvalue weighted by Crippen LogP contribution is -1.88. The maximum Gasteiger partial charge on any atom is -0.00994 e.